The third-order valence-electron chi connectivity index (χ3n) is 3.64. The van der Waals surface area contributed by atoms with Crippen LogP contribution in [0.25, 0.3) is 0 Å². The molecule has 0 radical (unpaired) electrons. The molecule has 4 heteroatoms. The number of carbonyl (C=O) groups is 1. The number of Topliss-reactive ketones (excluding diaryl/α,β-unsaturated/α-hetero) is 1. The quantitative estimate of drug-likeness (QED) is 0.838. The average Bonchev–Trinajstić information content (AvgIpc) is 2.43. The third kappa shape index (κ3) is 3.58. The maximum absolute atomic E-state index is 12.1. The van der Waals surface area contributed by atoms with Crippen LogP contribution in [-0.4, -0.2) is 15.6 Å². The number of hydrogen-bond acceptors (Lipinski definition) is 2. The number of carbonyl (C=O) groups excluding carboxylic acids is 1. The fourth-order valence-electron chi connectivity index (χ4n) is 1.78. The number of aromatic nitrogens is 2. The molecule has 0 bridgehead atoms. The molecular formula is C14H23ClN2O. The first-order valence-electron chi connectivity index (χ1n) is 6.32. The summed E-state index contributed by atoms with van der Waals surface area (Å²) < 4.78 is 1.71. The highest BCUT2D eigenvalue weighted by molar-refractivity contribution is 6.32. The van der Waals surface area contributed by atoms with Crippen molar-refractivity contribution in [2.75, 3.05) is 0 Å². The second kappa shape index (κ2) is 5.43. The second-order valence-electron chi connectivity index (χ2n) is 6.16. The summed E-state index contributed by atoms with van der Waals surface area (Å²) in [4.78, 5) is 12.1. The number of aryl methyl sites for hydroxylation is 2. The molecule has 1 aromatic heterocycles. The lowest BCUT2D eigenvalue weighted by molar-refractivity contribution is -0.120. The molecule has 18 heavy (non-hydrogen) atoms. The van der Waals surface area contributed by atoms with Gasteiger partial charge in [0, 0.05) is 19.9 Å². The van der Waals surface area contributed by atoms with Crippen LogP contribution < -0.4 is 0 Å². The smallest absolute Gasteiger partial charge is 0.139 e. The molecule has 0 spiro atoms. The standard InChI is InChI=1S/C14H23ClN2O/c1-9(14(3,4)5)7-11(18)8-12-13(15)10(2)16-17(12)6/h9H,7-8H2,1-6H3. The molecule has 1 rings (SSSR count). The predicted octanol–water partition coefficient (Wildman–Crippen LogP) is 3.57. The SMILES string of the molecule is Cc1nn(C)c(CC(=O)CC(C)C(C)(C)C)c1Cl. The fraction of sp³-hybridized carbons (Fsp3) is 0.714. The van der Waals surface area contributed by atoms with E-state index < -0.39 is 0 Å². The van der Waals surface area contributed by atoms with Gasteiger partial charge in [-0.2, -0.15) is 5.10 Å². The van der Waals surface area contributed by atoms with E-state index in [-0.39, 0.29) is 11.2 Å². The Morgan fingerprint density at radius 2 is 2.00 bits per heavy atom. The molecule has 1 heterocycles. The first kappa shape index (κ1) is 15.2. The lowest BCUT2D eigenvalue weighted by Gasteiger charge is -2.26. The van der Waals surface area contributed by atoms with Crippen LogP contribution in [0.1, 0.15) is 45.5 Å². The Bertz CT molecular complexity index is 443. The van der Waals surface area contributed by atoms with Gasteiger partial charge in [-0.3, -0.25) is 9.48 Å². The summed E-state index contributed by atoms with van der Waals surface area (Å²) in [5.74, 6) is 0.584. The highest BCUT2D eigenvalue weighted by Crippen LogP contribution is 2.29. The molecule has 102 valence electrons. The molecule has 0 aliphatic rings. The number of halogens is 1. The Balaban J connectivity index is 2.71. The molecule has 1 aromatic rings. The number of rotatable bonds is 4. The summed E-state index contributed by atoms with van der Waals surface area (Å²) in [6.07, 6.45) is 0.959. The van der Waals surface area contributed by atoms with E-state index in [0.29, 0.717) is 23.8 Å². The maximum Gasteiger partial charge on any atom is 0.139 e. The number of nitrogens with zero attached hydrogens (tertiary/aromatic N) is 2. The highest BCUT2D eigenvalue weighted by Gasteiger charge is 2.23. The van der Waals surface area contributed by atoms with E-state index in [1.165, 1.54) is 0 Å². The molecule has 0 saturated carbocycles. The summed E-state index contributed by atoms with van der Waals surface area (Å²) in [5.41, 5.74) is 1.76. The summed E-state index contributed by atoms with van der Waals surface area (Å²) in [7, 11) is 1.83. The van der Waals surface area contributed by atoms with Crippen molar-refractivity contribution in [1.82, 2.24) is 9.78 Å². The minimum absolute atomic E-state index is 0.155. The Morgan fingerprint density at radius 3 is 2.39 bits per heavy atom. The minimum atomic E-state index is 0.155. The van der Waals surface area contributed by atoms with Gasteiger partial charge in [0.15, 0.2) is 0 Å². The van der Waals surface area contributed by atoms with Crippen LogP contribution in [0.4, 0.5) is 0 Å². The average molecular weight is 271 g/mol. The first-order valence-corrected chi connectivity index (χ1v) is 6.70. The van der Waals surface area contributed by atoms with Crippen LogP contribution in [-0.2, 0) is 18.3 Å². The molecule has 3 nitrogen and oxygen atoms in total. The second-order valence-corrected chi connectivity index (χ2v) is 6.53. The molecule has 1 atom stereocenters. The lowest BCUT2D eigenvalue weighted by atomic mass is 9.79. The first-order chi connectivity index (χ1) is 8.12. The number of ketones is 1. The predicted molar refractivity (Wildman–Crippen MR) is 74.9 cm³/mol. The molecule has 0 N–H and O–H groups in total. The van der Waals surface area contributed by atoms with Crippen LogP contribution in [0.15, 0.2) is 0 Å². The molecule has 0 saturated heterocycles. The zero-order valence-corrected chi connectivity index (χ0v) is 12.9. The van der Waals surface area contributed by atoms with Gasteiger partial charge in [0.25, 0.3) is 0 Å². The van der Waals surface area contributed by atoms with Gasteiger partial charge in [0.2, 0.25) is 0 Å². The number of hydrogen-bond donors (Lipinski definition) is 0. The molecule has 0 aliphatic carbocycles. The molecular weight excluding hydrogens is 248 g/mol. The fourth-order valence-corrected chi connectivity index (χ4v) is 2.01. The molecule has 0 fully saturated rings. The summed E-state index contributed by atoms with van der Waals surface area (Å²) in [6, 6.07) is 0. The van der Waals surface area contributed by atoms with Gasteiger partial charge in [-0.25, -0.2) is 0 Å². The normalized spacial score (nSPS) is 13.7. The van der Waals surface area contributed by atoms with Gasteiger partial charge >= 0.3 is 0 Å². The molecule has 1 unspecified atom stereocenters. The molecule has 0 aliphatic heterocycles. The molecule has 0 amide bonds. The Labute approximate surface area is 115 Å². The summed E-state index contributed by atoms with van der Waals surface area (Å²) in [6.45, 7) is 10.5. The third-order valence-corrected chi connectivity index (χ3v) is 4.13. The Morgan fingerprint density at radius 1 is 1.44 bits per heavy atom. The largest absolute Gasteiger partial charge is 0.299 e. The van der Waals surface area contributed by atoms with E-state index in [2.05, 4.69) is 32.8 Å². The maximum atomic E-state index is 12.1. The zero-order valence-electron chi connectivity index (χ0n) is 12.2. The van der Waals surface area contributed by atoms with Crippen molar-refractivity contribution in [2.24, 2.45) is 18.4 Å². The van der Waals surface area contributed by atoms with Gasteiger partial charge in [-0.05, 0) is 18.3 Å². The van der Waals surface area contributed by atoms with Crippen LogP contribution in [0.2, 0.25) is 5.02 Å². The van der Waals surface area contributed by atoms with Crippen LogP contribution in [0.5, 0.6) is 0 Å². The van der Waals surface area contributed by atoms with Crippen molar-refractivity contribution >= 4 is 17.4 Å². The highest BCUT2D eigenvalue weighted by atomic mass is 35.5. The van der Waals surface area contributed by atoms with E-state index in [1.807, 2.05) is 14.0 Å². The van der Waals surface area contributed by atoms with Crippen molar-refractivity contribution < 1.29 is 4.79 Å². The van der Waals surface area contributed by atoms with Crippen molar-refractivity contribution in [3.8, 4) is 0 Å². The van der Waals surface area contributed by atoms with E-state index in [0.717, 1.165) is 11.4 Å². The van der Waals surface area contributed by atoms with Gasteiger partial charge in [0.1, 0.15) is 5.78 Å². The van der Waals surface area contributed by atoms with Crippen LogP contribution in [0, 0.1) is 18.3 Å². The van der Waals surface area contributed by atoms with E-state index >= 15 is 0 Å². The van der Waals surface area contributed by atoms with E-state index in [1.54, 1.807) is 4.68 Å². The molecule has 0 aromatic carbocycles. The zero-order chi connectivity index (χ0) is 14.1. The lowest BCUT2D eigenvalue weighted by Crippen LogP contribution is -2.21. The van der Waals surface area contributed by atoms with Crippen molar-refractivity contribution in [3.63, 3.8) is 0 Å². The topological polar surface area (TPSA) is 34.9 Å². The Hall–Kier alpha value is -0.830. The summed E-state index contributed by atoms with van der Waals surface area (Å²) in [5, 5.41) is 4.84. The van der Waals surface area contributed by atoms with Gasteiger partial charge in [0.05, 0.1) is 16.4 Å². The van der Waals surface area contributed by atoms with Crippen molar-refractivity contribution in [3.05, 3.63) is 16.4 Å². The van der Waals surface area contributed by atoms with Crippen molar-refractivity contribution in [1.29, 1.82) is 0 Å². The summed E-state index contributed by atoms with van der Waals surface area (Å²) >= 11 is 6.15. The van der Waals surface area contributed by atoms with Gasteiger partial charge in [-0.15, -0.1) is 0 Å². The monoisotopic (exact) mass is 270 g/mol. The minimum Gasteiger partial charge on any atom is -0.299 e. The Kier molecular flexibility index (Phi) is 4.60. The van der Waals surface area contributed by atoms with Gasteiger partial charge < -0.3 is 0 Å². The van der Waals surface area contributed by atoms with Gasteiger partial charge in [-0.1, -0.05) is 39.3 Å². The van der Waals surface area contributed by atoms with Crippen molar-refractivity contribution in [2.45, 2.75) is 47.5 Å². The van der Waals surface area contributed by atoms with Crippen LogP contribution in [0.3, 0.4) is 0 Å². The van der Waals surface area contributed by atoms with E-state index in [9.17, 15) is 4.79 Å². The van der Waals surface area contributed by atoms with Crippen LogP contribution >= 0.6 is 11.6 Å². The van der Waals surface area contributed by atoms with E-state index in [4.69, 9.17) is 11.6 Å².